The van der Waals surface area contributed by atoms with Gasteiger partial charge in [0.25, 0.3) is 0 Å². The highest BCUT2D eigenvalue weighted by Gasteiger charge is 2.48. The maximum absolute atomic E-state index is 12.9. The molecule has 35 heavy (non-hydrogen) atoms. The molecule has 1 spiro atoms. The zero-order valence-corrected chi connectivity index (χ0v) is 19.9. The molecule has 0 radical (unpaired) electrons. The fraction of sp³-hybridized carbons (Fsp3) is 0.400. The summed E-state index contributed by atoms with van der Waals surface area (Å²) in [5.74, 6) is 0.747. The largest absolute Gasteiger partial charge is 0.393 e. The maximum atomic E-state index is 12.9. The molecule has 2 fully saturated rings. The molecule has 180 valence electrons. The van der Waals surface area contributed by atoms with Crippen molar-refractivity contribution in [3.05, 3.63) is 52.3 Å². The Labute approximate surface area is 204 Å². The number of aromatic nitrogens is 3. The quantitative estimate of drug-likeness (QED) is 0.422. The number of nitrogens with zero attached hydrogens (tertiary/aromatic N) is 5. The zero-order valence-electron chi connectivity index (χ0n) is 19.1. The third-order valence-electron chi connectivity index (χ3n) is 7.29. The Balaban J connectivity index is 1.15. The van der Waals surface area contributed by atoms with E-state index in [1.54, 1.807) is 6.07 Å². The lowest BCUT2D eigenvalue weighted by atomic mass is 9.78. The second-order valence-corrected chi connectivity index (χ2v) is 11.0. The molecule has 2 aliphatic rings. The first-order valence-corrected chi connectivity index (χ1v) is 12.3. The van der Waals surface area contributed by atoms with Crippen LogP contribution in [0.4, 0.5) is 19.0 Å². The van der Waals surface area contributed by atoms with E-state index in [9.17, 15) is 18.4 Å². The lowest BCUT2D eigenvalue weighted by Crippen LogP contribution is -2.56. The molecule has 1 N–H and O–H groups in total. The summed E-state index contributed by atoms with van der Waals surface area (Å²) < 4.78 is 38.6. The van der Waals surface area contributed by atoms with Gasteiger partial charge < -0.3 is 9.88 Å². The number of anilines is 1. The Hall–Kier alpha value is -3.16. The van der Waals surface area contributed by atoms with Gasteiger partial charge >= 0.3 is 6.18 Å². The van der Waals surface area contributed by atoms with Crippen LogP contribution < -0.4 is 4.90 Å². The number of benzene rings is 1. The fourth-order valence-corrected chi connectivity index (χ4v) is 6.71. The highest BCUT2D eigenvalue weighted by Crippen LogP contribution is 2.43. The van der Waals surface area contributed by atoms with E-state index < -0.39 is 12.6 Å². The van der Waals surface area contributed by atoms with Gasteiger partial charge in [-0.15, -0.1) is 11.3 Å². The highest BCUT2D eigenvalue weighted by atomic mass is 32.1. The van der Waals surface area contributed by atoms with Crippen molar-refractivity contribution in [2.45, 2.75) is 32.5 Å². The van der Waals surface area contributed by atoms with Gasteiger partial charge in [0.05, 0.1) is 11.8 Å². The number of fused-ring (bicyclic) bond motifs is 2. The van der Waals surface area contributed by atoms with Crippen LogP contribution in [0.1, 0.15) is 28.1 Å². The topological polar surface area (TPSA) is 71.8 Å². The SMILES string of the molecule is Cc1c(CN2CC3(CCN(c4ncnc5sc(CC(F)(F)F)cc45)C3)C2)ccc2[nH]c(C#N)cc12. The third kappa shape index (κ3) is 4.02. The lowest BCUT2D eigenvalue weighted by Gasteiger charge is -2.48. The summed E-state index contributed by atoms with van der Waals surface area (Å²) in [6.45, 7) is 6.62. The molecule has 2 aliphatic heterocycles. The Morgan fingerprint density at radius 3 is 2.77 bits per heavy atom. The first-order valence-electron chi connectivity index (χ1n) is 11.5. The molecule has 4 aromatic rings. The molecular formula is C25H23F3N6S. The van der Waals surface area contributed by atoms with Gasteiger partial charge in [-0.25, -0.2) is 9.97 Å². The first kappa shape index (κ1) is 22.3. The minimum Gasteiger partial charge on any atom is -0.355 e. The van der Waals surface area contributed by atoms with Crippen LogP contribution in [0.5, 0.6) is 0 Å². The summed E-state index contributed by atoms with van der Waals surface area (Å²) in [5.41, 5.74) is 4.20. The van der Waals surface area contributed by atoms with E-state index in [1.807, 2.05) is 12.1 Å². The number of nitriles is 1. The van der Waals surface area contributed by atoms with Crippen LogP contribution in [-0.2, 0) is 13.0 Å². The molecule has 0 bridgehead atoms. The summed E-state index contributed by atoms with van der Waals surface area (Å²) in [4.78, 5) is 17.3. The van der Waals surface area contributed by atoms with Crippen LogP contribution >= 0.6 is 11.3 Å². The second kappa shape index (κ2) is 7.93. The van der Waals surface area contributed by atoms with Crippen LogP contribution in [0.2, 0.25) is 0 Å². The van der Waals surface area contributed by atoms with Crippen molar-refractivity contribution < 1.29 is 13.2 Å². The number of H-pyrrole nitrogens is 1. The van der Waals surface area contributed by atoms with Crippen molar-refractivity contribution in [3.8, 4) is 6.07 Å². The summed E-state index contributed by atoms with van der Waals surface area (Å²) in [7, 11) is 0. The third-order valence-corrected chi connectivity index (χ3v) is 8.33. The molecule has 6 rings (SSSR count). The standard InChI is InChI=1S/C25H23F3N6S/c1-15-16(2-3-21-19(15)6-17(9-29)32-21)10-33-11-24(12-33)4-5-34(13-24)22-20-7-18(8-25(26,27)28)35-23(20)31-14-30-22/h2-3,6-7,14,32H,4-5,8,10-13H2,1H3. The van der Waals surface area contributed by atoms with Crippen LogP contribution in [-0.4, -0.2) is 52.2 Å². The maximum Gasteiger partial charge on any atom is 0.393 e. The van der Waals surface area contributed by atoms with Crippen molar-refractivity contribution in [2.75, 3.05) is 31.1 Å². The number of hydrogen-bond acceptors (Lipinski definition) is 6. The minimum atomic E-state index is -4.23. The van der Waals surface area contributed by atoms with E-state index in [-0.39, 0.29) is 10.3 Å². The highest BCUT2D eigenvalue weighted by molar-refractivity contribution is 7.18. The molecule has 5 heterocycles. The predicted molar refractivity (Wildman–Crippen MR) is 129 cm³/mol. The number of halogens is 3. The van der Waals surface area contributed by atoms with E-state index in [1.165, 1.54) is 17.5 Å². The number of thiophene rings is 1. The predicted octanol–water partition coefficient (Wildman–Crippen LogP) is 5.17. The summed E-state index contributed by atoms with van der Waals surface area (Å²) in [5, 5.41) is 11.0. The van der Waals surface area contributed by atoms with E-state index in [4.69, 9.17) is 0 Å². The molecule has 0 amide bonds. The van der Waals surface area contributed by atoms with E-state index in [2.05, 4.69) is 43.8 Å². The van der Waals surface area contributed by atoms with E-state index in [0.29, 0.717) is 10.5 Å². The number of aryl methyl sites for hydroxylation is 1. The average Bonchev–Trinajstić information content (AvgIpc) is 3.50. The Morgan fingerprint density at radius 1 is 1.17 bits per heavy atom. The van der Waals surface area contributed by atoms with Crippen LogP contribution in [0, 0.1) is 23.7 Å². The number of rotatable bonds is 4. The van der Waals surface area contributed by atoms with Crippen molar-refractivity contribution in [1.82, 2.24) is 19.9 Å². The molecule has 6 nitrogen and oxygen atoms in total. The molecule has 1 aromatic carbocycles. The van der Waals surface area contributed by atoms with Crippen molar-refractivity contribution in [3.63, 3.8) is 0 Å². The van der Waals surface area contributed by atoms with Crippen LogP contribution in [0.25, 0.3) is 21.1 Å². The lowest BCUT2D eigenvalue weighted by molar-refractivity contribution is -0.126. The zero-order chi connectivity index (χ0) is 24.4. The summed E-state index contributed by atoms with van der Waals surface area (Å²) in [6, 6.07) is 9.86. The van der Waals surface area contributed by atoms with Crippen molar-refractivity contribution in [2.24, 2.45) is 5.41 Å². The van der Waals surface area contributed by atoms with Gasteiger partial charge in [-0.2, -0.15) is 18.4 Å². The van der Waals surface area contributed by atoms with Crippen molar-refractivity contribution in [1.29, 1.82) is 5.26 Å². The molecule has 0 unspecified atom stereocenters. The number of aromatic amines is 1. The first-order chi connectivity index (χ1) is 16.7. The molecule has 0 aliphatic carbocycles. The van der Waals surface area contributed by atoms with E-state index >= 15 is 0 Å². The van der Waals surface area contributed by atoms with Gasteiger partial charge in [-0.1, -0.05) is 6.07 Å². The normalized spacial score (nSPS) is 18.0. The summed E-state index contributed by atoms with van der Waals surface area (Å²) in [6.07, 6.45) is -2.67. The smallest absolute Gasteiger partial charge is 0.355 e. The van der Waals surface area contributed by atoms with Gasteiger partial charge in [0.1, 0.15) is 28.7 Å². The number of likely N-dealkylation sites (tertiary alicyclic amines) is 1. The molecule has 0 saturated carbocycles. The Kier molecular flexibility index (Phi) is 5.06. The number of alkyl halides is 3. The average molecular weight is 497 g/mol. The van der Waals surface area contributed by atoms with Crippen molar-refractivity contribution >= 4 is 38.3 Å². The second-order valence-electron chi connectivity index (χ2n) is 9.84. The Bertz CT molecular complexity index is 1470. The molecular weight excluding hydrogens is 473 g/mol. The molecule has 10 heteroatoms. The Morgan fingerprint density at radius 2 is 2.00 bits per heavy atom. The van der Waals surface area contributed by atoms with Crippen LogP contribution in [0.3, 0.4) is 0 Å². The van der Waals surface area contributed by atoms with Gasteiger partial charge in [-0.3, -0.25) is 4.90 Å². The van der Waals surface area contributed by atoms with Gasteiger partial charge in [0.2, 0.25) is 0 Å². The molecule has 2 saturated heterocycles. The minimum absolute atomic E-state index is 0.183. The van der Waals surface area contributed by atoms with Gasteiger partial charge in [0, 0.05) is 53.9 Å². The van der Waals surface area contributed by atoms with Crippen LogP contribution in [0.15, 0.2) is 30.6 Å². The molecule has 0 atom stereocenters. The number of hydrogen-bond donors (Lipinski definition) is 1. The van der Waals surface area contributed by atoms with E-state index in [0.717, 1.165) is 72.6 Å². The fourth-order valence-electron chi connectivity index (χ4n) is 5.68. The van der Waals surface area contributed by atoms with Gasteiger partial charge in [0.15, 0.2) is 0 Å². The molecule has 3 aromatic heterocycles. The summed E-state index contributed by atoms with van der Waals surface area (Å²) >= 11 is 1.10. The van der Waals surface area contributed by atoms with Gasteiger partial charge in [-0.05, 0) is 42.7 Å². The number of nitrogens with one attached hydrogen (secondary N) is 1. The monoisotopic (exact) mass is 496 g/mol.